The number of morpholine rings is 1. The molecule has 1 aromatic rings. The molecule has 1 aromatic heterocycles. The fourth-order valence-electron chi connectivity index (χ4n) is 1.99. The minimum Gasteiger partial charge on any atom is -0.395 e. The Balaban J connectivity index is 2.02. The van der Waals surface area contributed by atoms with Gasteiger partial charge in [0.05, 0.1) is 31.6 Å². The highest BCUT2D eigenvalue weighted by molar-refractivity contribution is 5.42. The van der Waals surface area contributed by atoms with E-state index in [0.29, 0.717) is 6.61 Å². The molecule has 2 N–H and O–H groups in total. The molecule has 1 saturated heterocycles. The third-order valence-corrected chi connectivity index (χ3v) is 3.03. The molecule has 1 unspecified atom stereocenters. The maximum Gasteiger partial charge on any atom is 0.0645 e. The van der Waals surface area contributed by atoms with Crippen LogP contribution in [0, 0.1) is 0 Å². The second kappa shape index (κ2) is 5.95. The predicted molar refractivity (Wildman–Crippen MR) is 65.9 cm³/mol. The van der Waals surface area contributed by atoms with Crippen molar-refractivity contribution in [3.8, 4) is 0 Å². The summed E-state index contributed by atoms with van der Waals surface area (Å²) in [5.74, 6) is 0. The molecule has 5 nitrogen and oxygen atoms in total. The van der Waals surface area contributed by atoms with Gasteiger partial charge in [0.15, 0.2) is 0 Å². The first-order valence-corrected chi connectivity index (χ1v) is 5.89. The Morgan fingerprint density at radius 2 is 2.53 bits per heavy atom. The minimum absolute atomic E-state index is 0.0868. The van der Waals surface area contributed by atoms with Crippen molar-refractivity contribution in [1.29, 1.82) is 0 Å². The predicted octanol–water partition coefficient (Wildman–Crippen LogP) is 0.316. The molecule has 1 fully saturated rings. The van der Waals surface area contributed by atoms with E-state index in [1.54, 1.807) is 6.20 Å². The molecule has 0 bridgehead atoms. The molecule has 0 amide bonds. The van der Waals surface area contributed by atoms with E-state index in [1.165, 1.54) is 0 Å². The highest BCUT2D eigenvalue weighted by Crippen LogP contribution is 2.13. The van der Waals surface area contributed by atoms with E-state index >= 15 is 0 Å². The van der Waals surface area contributed by atoms with Gasteiger partial charge in [-0.3, -0.25) is 9.88 Å². The van der Waals surface area contributed by atoms with E-state index in [9.17, 15) is 5.11 Å². The lowest BCUT2D eigenvalue weighted by atomic mass is 10.2. The summed E-state index contributed by atoms with van der Waals surface area (Å²) in [6.45, 7) is 3.05. The van der Waals surface area contributed by atoms with Gasteiger partial charge in [0.25, 0.3) is 0 Å². The number of hydrogen-bond donors (Lipinski definition) is 2. The van der Waals surface area contributed by atoms with Crippen molar-refractivity contribution >= 4 is 5.69 Å². The molecule has 5 heteroatoms. The zero-order valence-electron chi connectivity index (χ0n) is 10.1. The van der Waals surface area contributed by atoms with E-state index < -0.39 is 0 Å². The normalized spacial score (nSPS) is 21.4. The van der Waals surface area contributed by atoms with E-state index in [-0.39, 0.29) is 12.6 Å². The van der Waals surface area contributed by atoms with E-state index in [2.05, 4.69) is 15.2 Å². The Labute approximate surface area is 101 Å². The summed E-state index contributed by atoms with van der Waals surface area (Å²) in [6, 6.07) is 4.06. The van der Waals surface area contributed by atoms with Crippen LogP contribution < -0.4 is 5.32 Å². The number of anilines is 1. The minimum atomic E-state index is 0.0868. The first-order chi connectivity index (χ1) is 8.33. The van der Waals surface area contributed by atoms with Gasteiger partial charge in [0, 0.05) is 32.0 Å². The molecule has 2 rings (SSSR count). The molecule has 1 aliphatic heterocycles. The standard InChI is InChI=1S/C12H19N3O2/c1-13-10-2-3-14-11(6-10)7-15-4-5-17-9-12(15)8-16/h2-3,6,12,16H,4-5,7-9H2,1H3,(H,13,14). The van der Waals surface area contributed by atoms with Gasteiger partial charge in [0.2, 0.25) is 0 Å². The van der Waals surface area contributed by atoms with E-state index in [1.807, 2.05) is 19.2 Å². The number of aromatic nitrogens is 1. The number of nitrogens with one attached hydrogen (secondary N) is 1. The number of hydrogen-bond acceptors (Lipinski definition) is 5. The van der Waals surface area contributed by atoms with Crippen molar-refractivity contribution in [3.05, 3.63) is 24.0 Å². The topological polar surface area (TPSA) is 57.6 Å². The van der Waals surface area contributed by atoms with Crippen LogP contribution in [0.5, 0.6) is 0 Å². The van der Waals surface area contributed by atoms with Crippen LogP contribution in [0.3, 0.4) is 0 Å². The van der Waals surface area contributed by atoms with Gasteiger partial charge in [-0.25, -0.2) is 0 Å². The average Bonchev–Trinajstić information content (AvgIpc) is 2.39. The molecule has 0 aliphatic carbocycles. The largest absolute Gasteiger partial charge is 0.395 e. The highest BCUT2D eigenvalue weighted by Gasteiger charge is 2.22. The molecule has 17 heavy (non-hydrogen) atoms. The number of ether oxygens (including phenoxy) is 1. The summed E-state index contributed by atoms with van der Waals surface area (Å²) >= 11 is 0. The number of aliphatic hydroxyl groups is 1. The molecule has 0 spiro atoms. The van der Waals surface area contributed by atoms with Gasteiger partial charge in [-0.15, -0.1) is 0 Å². The third-order valence-electron chi connectivity index (χ3n) is 3.03. The molecule has 0 saturated carbocycles. The molecule has 0 radical (unpaired) electrons. The van der Waals surface area contributed by atoms with Crippen molar-refractivity contribution in [1.82, 2.24) is 9.88 Å². The lowest BCUT2D eigenvalue weighted by molar-refractivity contribution is -0.0317. The maximum atomic E-state index is 9.29. The lowest BCUT2D eigenvalue weighted by Crippen LogP contribution is -2.46. The summed E-state index contributed by atoms with van der Waals surface area (Å²) in [4.78, 5) is 6.56. The summed E-state index contributed by atoms with van der Waals surface area (Å²) in [7, 11) is 1.89. The number of pyridine rings is 1. The molecule has 2 heterocycles. The molecule has 0 aromatic carbocycles. The van der Waals surface area contributed by atoms with Crippen LogP contribution in [0.4, 0.5) is 5.69 Å². The Morgan fingerprint density at radius 3 is 3.29 bits per heavy atom. The summed E-state index contributed by atoms with van der Waals surface area (Å²) < 4.78 is 5.35. The third kappa shape index (κ3) is 3.15. The Hall–Kier alpha value is -1.17. The van der Waals surface area contributed by atoms with E-state index in [0.717, 1.165) is 31.1 Å². The fourth-order valence-corrected chi connectivity index (χ4v) is 1.99. The van der Waals surface area contributed by atoms with Crippen molar-refractivity contribution in [2.24, 2.45) is 0 Å². The molecule has 1 atom stereocenters. The molecular formula is C12H19N3O2. The van der Waals surface area contributed by atoms with Gasteiger partial charge in [-0.05, 0) is 12.1 Å². The van der Waals surface area contributed by atoms with Crippen LogP contribution in [0.15, 0.2) is 18.3 Å². The zero-order chi connectivity index (χ0) is 12.1. The first-order valence-electron chi connectivity index (χ1n) is 5.89. The van der Waals surface area contributed by atoms with Gasteiger partial charge in [0.1, 0.15) is 0 Å². The van der Waals surface area contributed by atoms with Crippen LogP contribution in [-0.4, -0.2) is 54.4 Å². The number of aliphatic hydroxyl groups excluding tert-OH is 1. The maximum absolute atomic E-state index is 9.29. The average molecular weight is 237 g/mol. The molecular weight excluding hydrogens is 218 g/mol. The van der Waals surface area contributed by atoms with Crippen molar-refractivity contribution < 1.29 is 9.84 Å². The second-order valence-electron chi connectivity index (χ2n) is 4.17. The molecule has 94 valence electrons. The summed E-state index contributed by atoms with van der Waals surface area (Å²) in [6.07, 6.45) is 1.80. The number of rotatable bonds is 4. The van der Waals surface area contributed by atoms with Gasteiger partial charge in [-0.2, -0.15) is 0 Å². The van der Waals surface area contributed by atoms with Gasteiger partial charge in [-0.1, -0.05) is 0 Å². The van der Waals surface area contributed by atoms with Crippen molar-refractivity contribution in [2.45, 2.75) is 12.6 Å². The summed E-state index contributed by atoms with van der Waals surface area (Å²) in [5.41, 5.74) is 2.07. The first kappa shape index (κ1) is 12.3. The van der Waals surface area contributed by atoms with Gasteiger partial charge < -0.3 is 15.2 Å². The molecule has 1 aliphatic rings. The van der Waals surface area contributed by atoms with Crippen molar-refractivity contribution in [2.75, 3.05) is 38.7 Å². The SMILES string of the molecule is CNc1ccnc(CN2CCOCC2CO)c1. The van der Waals surface area contributed by atoms with Crippen LogP contribution in [-0.2, 0) is 11.3 Å². The number of nitrogens with zero attached hydrogens (tertiary/aromatic N) is 2. The summed E-state index contributed by atoms with van der Waals surface area (Å²) in [5, 5.41) is 12.4. The van der Waals surface area contributed by atoms with Crippen molar-refractivity contribution in [3.63, 3.8) is 0 Å². The second-order valence-corrected chi connectivity index (χ2v) is 4.17. The Morgan fingerprint density at radius 1 is 1.65 bits per heavy atom. The van der Waals surface area contributed by atoms with Crippen LogP contribution >= 0.6 is 0 Å². The smallest absolute Gasteiger partial charge is 0.0645 e. The van der Waals surface area contributed by atoms with Crippen LogP contribution in [0.1, 0.15) is 5.69 Å². The van der Waals surface area contributed by atoms with Crippen LogP contribution in [0.2, 0.25) is 0 Å². The Kier molecular flexibility index (Phi) is 4.30. The van der Waals surface area contributed by atoms with Gasteiger partial charge >= 0.3 is 0 Å². The zero-order valence-corrected chi connectivity index (χ0v) is 10.1. The van der Waals surface area contributed by atoms with Crippen LogP contribution in [0.25, 0.3) is 0 Å². The fraction of sp³-hybridized carbons (Fsp3) is 0.583. The lowest BCUT2D eigenvalue weighted by Gasteiger charge is -2.34. The Bertz CT molecular complexity index is 359. The van der Waals surface area contributed by atoms with E-state index in [4.69, 9.17) is 4.74 Å². The monoisotopic (exact) mass is 237 g/mol. The highest BCUT2D eigenvalue weighted by atomic mass is 16.5. The quantitative estimate of drug-likeness (QED) is 0.789.